The number of fused-ring (bicyclic) bond motifs is 1. The van der Waals surface area contributed by atoms with Crippen LogP contribution >= 0.6 is 11.8 Å². The van der Waals surface area contributed by atoms with E-state index < -0.39 is 28.7 Å². The highest BCUT2D eigenvalue weighted by Crippen LogP contribution is 2.66. The number of thioether (sulfide) groups is 1. The molecule has 2 unspecified atom stereocenters. The van der Waals surface area contributed by atoms with Crippen molar-refractivity contribution in [2.45, 2.75) is 74.5 Å². The highest BCUT2D eigenvalue weighted by molar-refractivity contribution is 8.02. The summed E-state index contributed by atoms with van der Waals surface area (Å²) in [7, 11) is 0. The summed E-state index contributed by atoms with van der Waals surface area (Å²) in [5.74, 6) is -1.48. The molecule has 3 heterocycles. The molecule has 0 aliphatic carbocycles. The van der Waals surface area contributed by atoms with Crippen molar-refractivity contribution in [3.8, 4) is 0 Å². The molecule has 3 aliphatic rings. The summed E-state index contributed by atoms with van der Waals surface area (Å²) in [5.41, 5.74) is 0.707. The van der Waals surface area contributed by atoms with Gasteiger partial charge in [-0.3, -0.25) is 14.4 Å². The predicted molar refractivity (Wildman–Crippen MR) is 130 cm³/mol. The molecule has 1 aromatic carbocycles. The standard InChI is InChI=1S/C25H35N3O4S/c1-3-5-9-14-26-23(31)21-25-13-12-18(33-25)19(22(30)27-16-10-7-6-8-11-16)20(25)24(32)28(21)17(4-2)15-29/h6-8,10-11,17-21,29H,3-5,9,12-15H2,1-2H3,(H,26,31)(H,27,30)/t17-,18-,19+,20-,21?,25?/m0/s1. The zero-order valence-electron chi connectivity index (χ0n) is 19.5. The van der Waals surface area contributed by atoms with Gasteiger partial charge in [-0.25, -0.2) is 0 Å². The van der Waals surface area contributed by atoms with Gasteiger partial charge in [0.05, 0.1) is 29.2 Å². The molecule has 3 aliphatic heterocycles. The monoisotopic (exact) mass is 473 g/mol. The number of amides is 3. The van der Waals surface area contributed by atoms with Crippen molar-refractivity contribution in [3.05, 3.63) is 30.3 Å². The first-order valence-corrected chi connectivity index (χ1v) is 13.1. The van der Waals surface area contributed by atoms with Crippen LogP contribution in [0.25, 0.3) is 0 Å². The summed E-state index contributed by atoms with van der Waals surface area (Å²) in [5, 5.41) is 16.1. The average molecular weight is 474 g/mol. The zero-order valence-corrected chi connectivity index (χ0v) is 20.3. The van der Waals surface area contributed by atoms with Crippen LogP contribution in [0.4, 0.5) is 5.69 Å². The van der Waals surface area contributed by atoms with Crippen molar-refractivity contribution in [1.29, 1.82) is 0 Å². The van der Waals surface area contributed by atoms with Crippen molar-refractivity contribution in [2.24, 2.45) is 11.8 Å². The van der Waals surface area contributed by atoms with E-state index in [0.717, 1.165) is 32.1 Å². The Morgan fingerprint density at radius 1 is 1.21 bits per heavy atom. The number of nitrogens with zero attached hydrogens (tertiary/aromatic N) is 1. The Morgan fingerprint density at radius 3 is 2.64 bits per heavy atom. The van der Waals surface area contributed by atoms with E-state index >= 15 is 0 Å². The second-order valence-corrected chi connectivity index (χ2v) is 11.0. The van der Waals surface area contributed by atoms with E-state index in [9.17, 15) is 19.5 Å². The van der Waals surface area contributed by atoms with Gasteiger partial charge >= 0.3 is 0 Å². The van der Waals surface area contributed by atoms with Gasteiger partial charge in [-0.15, -0.1) is 11.8 Å². The highest BCUT2D eigenvalue weighted by Gasteiger charge is 2.74. The number of rotatable bonds is 10. The van der Waals surface area contributed by atoms with Gasteiger partial charge in [-0.1, -0.05) is 44.9 Å². The normalized spacial score (nSPS) is 30.9. The van der Waals surface area contributed by atoms with Crippen LogP contribution in [0.3, 0.4) is 0 Å². The molecule has 0 saturated carbocycles. The molecule has 33 heavy (non-hydrogen) atoms. The number of benzene rings is 1. The number of anilines is 1. The van der Waals surface area contributed by atoms with Crippen molar-refractivity contribution in [2.75, 3.05) is 18.5 Å². The number of nitrogens with one attached hydrogen (secondary N) is 2. The fourth-order valence-corrected chi connectivity index (χ4v) is 8.13. The summed E-state index contributed by atoms with van der Waals surface area (Å²) in [6.45, 7) is 4.41. The Labute approximate surface area is 200 Å². The van der Waals surface area contributed by atoms with Crippen molar-refractivity contribution in [3.63, 3.8) is 0 Å². The maximum absolute atomic E-state index is 13.8. The van der Waals surface area contributed by atoms with Crippen molar-refractivity contribution in [1.82, 2.24) is 10.2 Å². The molecule has 7 nitrogen and oxygen atoms in total. The zero-order chi connectivity index (χ0) is 23.6. The Morgan fingerprint density at radius 2 is 1.97 bits per heavy atom. The molecule has 3 fully saturated rings. The summed E-state index contributed by atoms with van der Waals surface area (Å²) < 4.78 is -0.613. The minimum absolute atomic E-state index is 0.0226. The van der Waals surface area contributed by atoms with Crippen LogP contribution in [0.2, 0.25) is 0 Å². The second kappa shape index (κ2) is 10.1. The van der Waals surface area contributed by atoms with Gasteiger partial charge in [0, 0.05) is 17.5 Å². The highest BCUT2D eigenvalue weighted by atomic mass is 32.2. The number of para-hydroxylation sites is 1. The summed E-state index contributed by atoms with van der Waals surface area (Å²) >= 11 is 1.66. The lowest BCUT2D eigenvalue weighted by atomic mass is 9.70. The molecule has 6 atom stereocenters. The molecule has 3 N–H and O–H groups in total. The first-order chi connectivity index (χ1) is 16.0. The molecule has 1 aromatic rings. The van der Waals surface area contributed by atoms with E-state index in [1.165, 1.54) is 0 Å². The third-order valence-electron chi connectivity index (χ3n) is 7.49. The first-order valence-electron chi connectivity index (χ1n) is 12.2. The van der Waals surface area contributed by atoms with Gasteiger partial charge in [0.1, 0.15) is 6.04 Å². The molecular formula is C25H35N3O4S. The fourth-order valence-electron chi connectivity index (χ4n) is 5.93. The largest absolute Gasteiger partial charge is 0.394 e. The van der Waals surface area contributed by atoms with Crippen LogP contribution in [0.1, 0.15) is 52.4 Å². The van der Waals surface area contributed by atoms with Gasteiger partial charge in [-0.05, 0) is 37.8 Å². The molecule has 2 bridgehead atoms. The number of hydrogen-bond acceptors (Lipinski definition) is 5. The molecule has 3 amide bonds. The smallest absolute Gasteiger partial charge is 0.244 e. The Kier molecular flexibility index (Phi) is 7.34. The van der Waals surface area contributed by atoms with E-state index in [0.29, 0.717) is 18.7 Å². The van der Waals surface area contributed by atoms with Crippen LogP contribution in [-0.4, -0.2) is 63.0 Å². The molecule has 8 heteroatoms. The Balaban J connectivity index is 1.63. The maximum Gasteiger partial charge on any atom is 0.244 e. The lowest BCUT2D eigenvalue weighted by Gasteiger charge is -2.36. The lowest BCUT2D eigenvalue weighted by molar-refractivity contribution is -0.142. The molecule has 3 saturated heterocycles. The van der Waals surface area contributed by atoms with Gasteiger partial charge in [-0.2, -0.15) is 0 Å². The molecule has 4 rings (SSSR count). The number of aliphatic hydroxyl groups excluding tert-OH is 1. The third-order valence-corrected chi connectivity index (χ3v) is 9.44. The number of carbonyl (C=O) groups excluding carboxylic acids is 3. The number of aliphatic hydroxyl groups is 1. The van der Waals surface area contributed by atoms with Crippen LogP contribution < -0.4 is 10.6 Å². The van der Waals surface area contributed by atoms with Crippen molar-refractivity contribution >= 4 is 35.2 Å². The first kappa shape index (κ1) is 24.1. The average Bonchev–Trinajstić information content (AvgIpc) is 3.46. The summed E-state index contributed by atoms with van der Waals surface area (Å²) in [6, 6.07) is 8.20. The van der Waals surface area contributed by atoms with E-state index in [1.54, 1.807) is 16.7 Å². The second-order valence-electron chi connectivity index (χ2n) is 9.40. The Hall–Kier alpha value is -2.06. The maximum atomic E-state index is 13.8. The van der Waals surface area contributed by atoms with Gasteiger partial charge < -0.3 is 20.6 Å². The summed E-state index contributed by atoms with van der Waals surface area (Å²) in [4.78, 5) is 42.3. The summed E-state index contributed by atoms with van der Waals surface area (Å²) in [6.07, 6.45) is 5.10. The number of likely N-dealkylation sites (tertiary alicyclic amines) is 1. The SMILES string of the molecule is CCCCCNC(=O)C1N([C@@H](CC)CO)C(=O)[C@@H]2[C@H](C(=O)Nc3ccccc3)[C@@H]3CCC12S3. The molecule has 1 spiro atoms. The van der Waals surface area contributed by atoms with Crippen molar-refractivity contribution < 1.29 is 19.5 Å². The minimum Gasteiger partial charge on any atom is -0.394 e. The van der Waals surface area contributed by atoms with E-state index in [1.807, 2.05) is 37.3 Å². The van der Waals surface area contributed by atoms with E-state index in [4.69, 9.17) is 0 Å². The van der Waals surface area contributed by atoms with Crippen LogP contribution in [0.5, 0.6) is 0 Å². The quantitative estimate of drug-likeness (QED) is 0.454. The predicted octanol–water partition coefficient (Wildman–Crippen LogP) is 2.79. The number of hydrogen-bond donors (Lipinski definition) is 3. The fraction of sp³-hybridized carbons (Fsp3) is 0.640. The molecular weight excluding hydrogens is 438 g/mol. The number of carbonyl (C=O) groups is 3. The Bertz CT molecular complexity index is 878. The van der Waals surface area contributed by atoms with Gasteiger partial charge in [0.2, 0.25) is 17.7 Å². The lowest BCUT2D eigenvalue weighted by Crippen LogP contribution is -2.56. The molecule has 0 aromatic heterocycles. The number of unbranched alkanes of at least 4 members (excludes halogenated alkanes) is 2. The van der Waals surface area contributed by atoms with E-state index in [-0.39, 0.29) is 29.6 Å². The van der Waals surface area contributed by atoms with Crippen LogP contribution in [0.15, 0.2) is 30.3 Å². The topological polar surface area (TPSA) is 98.7 Å². The van der Waals surface area contributed by atoms with Gasteiger partial charge in [0.15, 0.2) is 0 Å². The molecule has 180 valence electrons. The van der Waals surface area contributed by atoms with Crippen LogP contribution in [0, 0.1) is 11.8 Å². The third kappa shape index (κ3) is 4.16. The minimum atomic E-state index is -0.654. The molecule has 0 radical (unpaired) electrons. The van der Waals surface area contributed by atoms with Gasteiger partial charge in [0.25, 0.3) is 0 Å². The van der Waals surface area contributed by atoms with Crippen LogP contribution in [-0.2, 0) is 14.4 Å². The van der Waals surface area contributed by atoms with E-state index in [2.05, 4.69) is 17.6 Å².